The van der Waals surface area contributed by atoms with E-state index in [0.717, 1.165) is 0 Å². The van der Waals surface area contributed by atoms with Crippen LogP contribution in [0.3, 0.4) is 0 Å². The van der Waals surface area contributed by atoms with Gasteiger partial charge in [-0.25, -0.2) is 4.79 Å². The summed E-state index contributed by atoms with van der Waals surface area (Å²) in [4.78, 5) is 15.2. The van der Waals surface area contributed by atoms with E-state index in [9.17, 15) is 4.79 Å². The molecule has 0 saturated heterocycles. The maximum atomic E-state index is 11.4. The van der Waals surface area contributed by atoms with Gasteiger partial charge in [-0.15, -0.1) is 0 Å². The van der Waals surface area contributed by atoms with Crippen molar-refractivity contribution < 1.29 is 0 Å². The van der Waals surface area contributed by atoms with Crippen LogP contribution in [-0.2, 0) is 0 Å². The van der Waals surface area contributed by atoms with E-state index >= 15 is 0 Å². The van der Waals surface area contributed by atoms with Gasteiger partial charge in [0, 0.05) is 24.3 Å². The molecule has 1 heterocycles. The smallest absolute Gasteiger partial charge is 0.349 e. The van der Waals surface area contributed by atoms with Gasteiger partial charge < -0.3 is 11.5 Å². The lowest BCUT2D eigenvalue weighted by molar-refractivity contribution is 0.564. The average molecular weight is 208 g/mol. The zero-order valence-corrected chi connectivity index (χ0v) is 8.97. The molecule has 0 unspecified atom stereocenters. The van der Waals surface area contributed by atoms with E-state index in [2.05, 4.69) is 4.98 Å². The highest BCUT2D eigenvalue weighted by atomic mass is 16.1. The van der Waals surface area contributed by atoms with Gasteiger partial charge in [-0.2, -0.15) is 4.98 Å². The highest BCUT2D eigenvalue weighted by molar-refractivity contribution is 5.59. The minimum Gasteiger partial charge on any atom is -0.383 e. The minimum absolute atomic E-state index is 0.0654. The second kappa shape index (κ2) is 4.75. The molecule has 0 radical (unpaired) electrons. The van der Waals surface area contributed by atoms with E-state index in [1.54, 1.807) is 18.3 Å². The molecule has 4 N–H and O–H groups in total. The molecule has 0 amide bonds. The second-order valence-electron chi connectivity index (χ2n) is 3.50. The van der Waals surface area contributed by atoms with Crippen LogP contribution in [0.4, 0.5) is 5.82 Å². The van der Waals surface area contributed by atoms with Crippen molar-refractivity contribution in [1.82, 2.24) is 9.55 Å². The van der Waals surface area contributed by atoms with Crippen LogP contribution in [0, 0.1) is 0 Å². The number of hydrogen-bond acceptors (Lipinski definition) is 4. The Kier molecular flexibility index (Phi) is 3.62. The van der Waals surface area contributed by atoms with E-state index in [1.807, 2.05) is 13.8 Å². The molecular weight excluding hydrogens is 192 g/mol. The first-order valence-corrected chi connectivity index (χ1v) is 4.81. The predicted octanol–water partition coefficient (Wildman–Crippen LogP) is 0.378. The molecule has 0 aliphatic heterocycles. The van der Waals surface area contributed by atoms with Gasteiger partial charge in [0.1, 0.15) is 5.82 Å². The van der Waals surface area contributed by atoms with Crippen LogP contribution < -0.4 is 17.2 Å². The number of aromatic nitrogens is 2. The van der Waals surface area contributed by atoms with Crippen molar-refractivity contribution in [3.05, 3.63) is 28.3 Å². The van der Waals surface area contributed by atoms with Crippen molar-refractivity contribution in [2.24, 2.45) is 5.73 Å². The van der Waals surface area contributed by atoms with Crippen LogP contribution in [0.2, 0.25) is 0 Å². The number of hydrogen-bond donors (Lipinski definition) is 2. The fourth-order valence-electron chi connectivity index (χ4n) is 1.19. The summed E-state index contributed by atoms with van der Waals surface area (Å²) in [6.45, 7) is 4.26. The maximum absolute atomic E-state index is 11.4. The molecule has 5 nitrogen and oxygen atoms in total. The molecule has 1 aromatic heterocycles. The lowest BCUT2D eigenvalue weighted by atomic mass is 10.2. The normalized spacial score (nSPS) is 11.5. The number of nitrogens with zero attached hydrogens (tertiary/aromatic N) is 2. The Hall–Kier alpha value is -1.62. The summed E-state index contributed by atoms with van der Waals surface area (Å²) < 4.78 is 1.53. The highest BCUT2D eigenvalue weighted by Gasteiger charge is 2.05. The Morgan fingerprint density at radius 3 is 2.80 bits per heavy atom. The molecule has 0 saturated carbocycles. The number of nitrogen functional groups attached to an aromatic ring is 1. The van der Waals surface area contributed by atoms with Crippen LogP contribution >= 0.6 is 0 Å². The minimum atomic E-state index is -0.326. The van der Waals surface area contributed by atoms with E-state index in [-0.39, 0.29) is 17.5 Å². The summed E-state index contributed by atoms with van der Waals surface area (Å²) >= 11 is 0. The number of nitrogens with two attached hydrogens (primary N) is 2. The molecule has 0 aromatic carbocycles. The quantitative estimate of drug-likeness (QED) is 0.751. The first-order valence-electron chi connectivity index (χ1n) is 4.81. The van der Waals surface area contributed by atoms with Crippen molar-refractivity contribution in [3.63, 3.8) is 0 Å². The van der Waals surface area contributed by atoms with Gasteiger partial charge in [-0.05, 0) is 13.8 Å². The second-order valence-corrected chi connectivity index (χ2v) is 3.50. The SMILES string of the molecule is CC(C)n1cc(/C=C/CN)c(N)nc1=O. The van der Waals surface area contributed by atoms with Gasteiger partial charge in [0.2, 0.25) is 0 Å². The molecule has 82 valence electrons. The van der Waals surface area contributed by atoms with Crippen LogP contribution in [0.5, 0.6) is 0 Å². The van der Waals surface area contributed by atoms with Crippen LogP contribution in [0.1, 0.15) is 25.5 Å². The van der Waals surface area contributed by atoms with Crippen molar-refractivity contribution in [2.45, 2.75) is 19.9 Å². The average Bonchev–Trinajstić information content (AvgIpc) is 2.16. The lowest BCUT2D eigenvalue weighted by Crippen LogP contribution is -2.25. The van der Waals surface area contributed by atoms with Crippen LogP contribution in [0.15, 0.2) is 17.1 Å². The zero-order valence-electron chi connectivity index (χ0n) is 8.97. The van der Waals surface area contributed by atoms with E-state index < -0.39 is 0 Å². The van der Waals surface area contributed by atoms with E-state index in [1.165, 1.54) is 4.57 Å². The van der Waals surface area contributed by atoms with Gasteiger partial charge in [0.15, 0.2) is 0 Å². The molecule has 15 heavy (non-hydrogen) atoms. The molecule has 0 fully saturated rings. The summed E-state index contributed by atoms with van der Waals surface area (Å²) in [5.74, 6) is 0.238. The van der Waals surface area contributed by atoms with E-state index in [4.69, 9.17) is 11.5 Å². The molecular formula is C10H16N4O. The molecule has 0 aliphatic rings. The Morgan fingerprint density at radius 2 is 2.27 bits per heavy atom. The third kappa shape index (κ3) is 2.66. The Labute approximate surface area is 88.4 Å². The molecule has 1 rings (SSSR count). The van der Waals surface area contributed by atoms with Crippen molar-refractivity contribution >= 4 is 11.9 Å². The zero-order chi connectivity index (χ0) is 11.4. The molecule has 0 aliphatic carbocycles. The molecule has 0 bridgehead atoms. The maximum Gasteiger partial charge on any atom is 0.349 e. The third-order valence-electron chi connectivity index (χ3n) is 2.00. The topological polar surface area (TPSA) is 86.9 Å². The molecule has 1 aromatic rings. The number of rotatable bonds is 3. The third-order valence-corrected chi connectivity index (χ3v) is 2.00. The van der Waals surface area contributed by atoms with Crippen molar-refractivity contribution in [2.75, 3.05) is 12.3 Å². The van der Waals surface area contributed by atoms with Gasteiger partial charge in [-0.1, -0.05) is 12.2 Å². The van der Waals surface area contributed by atoms with Crippen LogP contribution in [0.25, 0.3) is 6.08 Å². The fourth-order valence-corrected chi connectivity index (χ4v) is 1.19. The first kappa shape index (κ1) is 11.5. The van der Waals surface area contributed by atoms with Crippen molar-refractivity contribution in [1.29, 1.82) is 0 Å². The summed E-state index contributed by atoms with van der Waals surface area (Å²) in [6, 6.07) is 0.0654. The Balaban J connectivity index is 3.23. The van der Waals surface area contributed by atoms with Gasteiger partial charge in [-0.3, -0.25) is 4.57 Å². The van der Waals surface area contributed by atoms with Gasteiger partial charge in [0.05, 0.1) is 0 Å². The van der Waals surface area contributed by atoms with Crippen molar-refractivity contribution in [3.8, 4) is 0 Å². The standard InChI is InChI=1S/C10H16N4O/c1-7(2)14-6-8(4-3-5-11)9(12)13-10(14)15/h3-4,6-7H,5,11H2,1-2H3,(H2,12,13,15)/b4-3+. The fraction of sp³-hybridized carbons (Fsp3) is 0.400. The number of anilines is 1. The molecule has 0 spiro atoms. The highest BCUT2D eigenvalue weighted by Crippen LogP contribution is 2.09. The van der Waals surface area contributed by atoms with Gasteiger partial charge in [0.25, 0.3) is 0 Å². The lowest BCUT2D eigenvalue weighted by Gasteiger charge is -2.10. The molecule has 5 heteroatoms. The summed E-state index contributed by atoms with van der Waals surface area (Å²) in [7, 11) is 0. The predicted molar refractivity (Wildman–Crippen MR) is 61.4 cm³/mol. The first-order chi connectivity index (χ1) is 7.06. The summed E-state index contributed by atoms with van der Waals surface area (Å²) in [5, 5.41) is 0. The van der Waals surface area contributed by atoms with Gasteiger partial charge >= 0.3 is 5.69 Å². The summed E-state index contributed by atoms with van der Waals surface area (Å²) in [6.07, 6.45) is 5.23. The Morgan fingerprint density at radius 1 is 1.60 bits per heavy atom. The Bertz CT molecular complexity index is 420. The van der Waals surface area contributed by atoms with E-state index in [0.29, 0.717) is 12.1 Å². The largest absolute Gasteiger partial charge is 0.383 e. The summed E-state index contributed by atoms with van der Waals surface area (Å²) in [5.41, 5.74) is 11.3. The van der Waals surface area contributed by atoms with Crippen LogP contribution in [-0.4, -0.2) is 16.1 Å². The molecule has 0 atom stereocenters. The monoisotopic (exact) mass is 208 g/mol.